The Morgan fingerprint density at radius 2 is 2.07 bits per heavy atom. The lowest BCUT2D eigenvalue weighted by atomic mass is 9.83. The average molecular weight is 398 g/mol. The highest BCUT2D eigenvalue weighted by molar-refractivity contribution is 5.79. The predicted octanol–water partition coefficient (Wildman–Crippen LogP) is 3.01. The standard InChI is InChI=1S/C23H31N3O3/c1-16-11-20(25(4)24-16)13-26(14-21-15-28-23(2,3)29-21)22(27)19-10-9-17-7-5-6-8-18(17)12-19/h5-8,11,19,21H,9-10,12-15H2,1-4H3/t19-,21+/m1/s1. The fraction of sp³-hybridized carbons (Fsp3) is 0.565. The smallest absolute Gasteiger partial charge is 0.226 e. The van der Waals surface area contributed by atoms with Gasteiger partial charge in [0, 0.05) is 19.5 Å². The third kappa shape index (κ3) is 4.54. The van der Waals surface area contributed by atoms with E-state index in [2.05, 4.69) is 29.4 Å². The van der Waals surface area contributed by atoms with E-state index in [1.807, 2.05) is 43.5 Å². The maximum Gasteiger partial charge on any atom is 0.226 e. The van der Waals surface area contributed by atoms with Crippen LogP contribution >= 0.6 is 0 Å². The van der Waals surface area contributed by atoms with Crippen LogP contribution in [-0.2, 0) is 40.7 Å². The number of benzene rings is 1. The minimum atomic E-state index is -0.591. The first-order chi connectivity index (χ1) is 13.8. The second kappa shape index (κ2) is 7.92. The molecule has 1 saturated heterocycles. The van der Waals surface area contributed by atoms with Crippen LogP contribution in [0.3, 0.4) is 0 Å². The molecule has 29 heavy (non-hydrogen) atoms. The Labute approximate surface area is 172 Å². The van der Waals surface area contributed by atoms with Crippen molar-refractivity contribution in [2.75, 3.05) is 13.2 Å². The highest BCUT2D eigenvalue weighted by Crippen LogP contribution is 2.29. The Bertz CT molecular complexity index is 889. The van der Waals surface area contributed by atoms with Crippen molar-refractivity contribution in [3.05, 3.63) is 52.8 Å². The zero-order chi connectivity index (χ0) is 20.6. The Hall–Kier alpha value is -2.18. The minimum Gasteiger partial charge on any atom is -0.348 e. The van der Waals surface area contributed by atoms with Gasteiger partial charge >= 0.3 is 0 Å². The molecule has 2 aromatic rings. The van der Waals surface area contributed by atoms with E-state index in [0.717, 1.165) is 30.7 Å². The van der Waals surface area contributed by atoms with Crippen LogP contribution in [0.15, 0.2) is 30.3 Å². The molecule has 0 spiro atoms. The molecule has 6 heteroatoms. The average Bonchev–Trinajstić information content (AvgIpc) is 3.20. The monoisotopic (exact) mass is 397 g/mol. The van der Waals surface area contributed by atoms with Crippen molar-refractivity contribution in [3.63, 3.8) is 0 Å². The molecule has 1 aromatic heterocycles. The first-order valence-electron chi connectivity index (χ1n) is 10.5. The molecule has 6 nitrogen and oxygen atoms in total. The van der Waals surface area contributed by atoms with Crippen molar-refractivity contribution >= 4 is 5.91 Å². The van der Waals surface area contributed by atoms with Crippen molar-refractivity contribution in [1.29, 1.82) is 0 Å². The van der Waals surface area contributed by atoms with Crippen LogP contribution in [0.4, 0.5) is 0 Å². The zero-order valence-electron chi connectivity index (χ0n) is 17.9. The number of carbonyl (C=O) groups excluding carboxylic acids is 1. The lowest BCUT2D eigenvalue weighted by molar-refractivity contribution is -0.149. The lowest BCUT2D eigenvalue weighted by Gasteiger charge is -2.31. The summed E-state index contributed by atoms with van der Waals surface area (Å²) in [6, 6.07) is 10.5. The molecule has 4 rings (SSSR count). The largest absolute Gasteiger partial charge is 0.348 e. The molecule has 1 aliphatic carbocycles. The summed E-state index contributed by atoms with van der Waals surface area (Å²) in [5.41, 5.74) is 4.67. The summed E-state index contributed by atoms with van der Waals surface area (Å²) in [5, 5.41) is 4.44. The molecule has 1 aliphatic heterocycles. The quantitative estimate of drug-likeness (QED) is 0.778. The first kappa shape index (κ1) is 20.1. The Morgan fingerprint density at radius 1 is 1.31 bits per heavy atom. The summed E-state index contributed by atoms with van der Waals surface area (Å²) in [4.78, 5) is 15.5. The van der Waals surface area contributed by atoms with Crippen LogP contribution in [0, 0.1) is 12.8 Å². The van der Waals surface area contributed by atoms with Crippen LogP contribution in [0.25, 0.3) is 0 Å². The maximum absolute atomic E-state index is 13.6. The fourth-order valence-electron chi connectivity index (χ4n) is 4.51. The van der Waals surface area contributed by atoms with Crippen molar-refractivity contribution in [1.82, 2.24) is 14.7 Å². The molecule has 0 bridgehead atoms. The van der Waals surface area contributed by atoms with E-state index in [9.17, 15) is 4.79 Å². The SMILES string of the molecule is Cc1cc(CN(C[C@H]2COC(C)(C)O2)C(=O)[C@@H]2CCc3ccccc3C2)n(C)n1. The van der Waals surface area contributed by atoms with Crippen LogP contribution in [0.2, 0.25) is 0 Å². The third-order valence-electron chi connectivity index (χ3n) is 5.95. The molecular formula is C23H31N3O3. The van der Waals surface area contributed by atoms with E-state index in [-0.39, 0.29) is 17.9 Å². The number of aryl methyl sites for hydroxylation is 3. The number of fused-ring (bicyclic) bond motifs is 1. The molecule has 2 atom stereocenters. The highest BCUT2D eigenvalue weighted by Gasteiger charge is 2.36. The molecule has 0 unspecified atom stereocenters. The third-order valence-corrected chi connectivity index (χ3v) is 5.95. The number of ether oxygens (including phenoxy) is 2. The zero-order valence-corrected chi connectivity index (χ0v) is 17.9. The molecule has 0 N–H and O–H groups in total. The van der Waals surface area contributed by atoms with Gasteiger partial charge in [-0.05, 0) is 57.2 Å². The van der Waals surface area contributed by atoms with E-state index >= 15 is 0 Å². The Kier molecular flexibility index (Phi) is 5.49. The summed E-state index contributed by atoms with van der Waals surface area (Å²) in [7, 11) is 1.93. The summed E-state index contributed by atoms with van der Waals surface area (Å²) in [6.45, 7) is 7.39. The van der Waals surface area contributed by atoms with Gasteiger partial charge in [-0.1, -0.05) is 24.3 Å². The van der Waals surface area contributed by atoms with Crippen LogP contribution < -0.4 is 0 Å². The molecule has 0 radical (unpaired) electrons. The Morgan fingerprint density at radius 3 is 2.72 bits per heavy atom. The topological polar surface area (TPSA) is 56.6 Å². The van der Waals surface area contributed by atoms with Gasteiger partial charge in [-0.2, -0.15) is 5.10 Å². The number of rotatable bonds is 5. The van der Waals surface area contributed by atoms with E-state index in [0.29, 0.717) is 19.7 Å². The van der Waals surface area contributed by atoms with Gasteiger partial charge in [0.05, 0.1) is 24.5 Å². The van der Waals surface area contributed by atoms with E-state index in [4.69, 9.17) is 9.47 Å². The molecule has 1 amide bonds. The maximum atomic E-state index is 13.6. The van der Waals surface area contributed by atoms with E-state index in [1.165, 1.54) is 11.1 Å². The van der Waals surface area contributed by atoms with Crippen LogP contribution in [-0.4, -0.2) is 45.6 Å². The second-order valence-electron chi connectivity index (χ2n) is 8.78. The molecular weight excluding hydrogens is 366 g/mol. The number of carbonyl (C=O) groups is 1. The van der Waals surface area contributed by atoms with Gasteiger partial charge in [0.2, 0.25) is 5.91 Å². The van der Waals surface area contributed by atoms with Crippen LogP contribution in [0.1, 0.15) is 42.8 Å². The number of hydrogen-bond donors (Lipinski definition) is 0. The number of amides is 1. The van der Waals surface area contributed by atoms with Crippen LogP contribution in [0.5, 0.6) is 0 Å². The van der Waals surface area contributed by atoms with Gasteiger partial charge in [0.15, 0.2) is 5.79 Å². The lowest BCUT2D eigenvalue weighted by Crippen LogP contribution is -2.43. The van der Waals surface area contributed by atoms with E-state index < -0.39 is 5.79 Å². The summed E-state index contributed by atoms with van der Waals surface area (Å²) >= 11 is 0. The van der Waals surface area contributed by atoms with Crippen molar-refractivity contribution in [3.8, 4) is 0 Å². The predicted molar refractivity (Wildman–Crippen MR) is 110 cm³/mol. The second-order valence-corrected chi connectivity index (χ2v) is 8.78. The van der Waals surface area contributed by atoms with Gasteiger partial charge in [-0.3, -0.25) is 9.48 Å². The number of nitrogens with zero attached hydrogens (tertiary/aromatic N) is 3. The number of aromatic nitrogens is 2. The Balaban J connectivity index is 1.52. The highest BCUT2D eigenvalue weighted by atomic mass is 16.7. The van der Waals surface area contributed by atoms with Gasteiger partial charge in [0.1, 0.15) is 6.10 Å². The summed E-state index contributed by atoms with van der Waals surface area (Å²) < 4.78 is 13.6. The van der Waals surface area contributed by atoms with Crippen molar-refractivity contribution < 1.29 is 14.3 Å². The van der Waals surface area contributed by atoms with Gasteiger partial charge < -0.3 is 14.4 Å². The first-order valence-corrected chi connectivity index (χ1v) is 10.5. The fourth-order valence-corrected chi connectivity index (χ4v) is 4.51. The van der Waals surface area contributed by atoms with Crippen molar-refractivity contribution in [2.24, 2.45) is 13.0 Å². The van der Waals surface area contributed by atoms with Gasteiger partial charge in [-0.15, -0.1) is 0 Å². The molecule has 2 aliphatic rings. The molecule has 2 heterocycles. The van der Waals surface area contributed by atoms with Gasteiger partial charge in [0.25, 0.3) is 0 Å². The van der Waals surface area contributed by atoms with E-state index in [1.54, 1.807) is 0 Å². The molecule has 1 aromatic carbocycles. The van der Waals surface area contributed by atoms with Crippen molar-refractivity contribution in [2.45, 2.75) is 58.5 Å². The number of hydrogen-bond acceptors (Lipinski definition) is 4. The van der Waals surface area contributed by atoms with Gasteiger partial charge in [-0.25, -0.2) is 0 Å². The molecule has 0 saturated carbocycles. The molecule has 156 valence electrons. The normalized spacial score (nSPS) is 23.0. The summed E-state index contributed by atoms with van der Waals surface area (Å²) in [5.74, 6) is -0.382. The minimum absolute atomic E-state index is 0.00885. The molecule has 1 fully saturated rings. The summed E-state index contributed by atoms with van der Waals surface area (Å²) in [6.07, 6.45) is 2.55.